The zero-order valence-corrected chi connectivity index (χ0v) is 12.8. The summed E-state index contributed by atoms with van der Waals surface area (Å²) in [5.74, 6) is 0.405. The van der Waals surface area contributed by atoms with Crippen LogP contribution in [0.4, 0.5) is 6.01 Å². The lowest BCUT2D eigenvalue weighted by molar-refractivity contribution is 0.148. The third-order valence-electron chi connectivity index (χ3n) is 3.26. The number of hydrogen-bond donors (Lipinski definition) is 2. The van der Waals surface area contributed by atoms with E-state index in [1.54, 1.807) is 24.1 Å². The molecular formula is C14H19ClN4O2. The summed E-state index contributed by atoms with van der Waals surface area (Å²) < 4.78 is 5.59. The monoisotopic (exact) mass is 310 g/mol. The summed E-state index contributed by atoms with van der Waals surface area (Å²) in [6, 6.07) is 7.19. The number of benzene rings is 1. The average Bonchev–Trinajstić information content (AvgIpc) is 2.97. The van der Waals surface area contributed by atoms with E-state index in [1.165, 1.54) is 0 Å². The molecule has 114 valence electrons. The van der Waals surface area contributed by atoms with Crippen LogP contribution in [0.3, 0.4) is 0 Å². The molecule has 2 rings (SSSR count). The van der Waals surface area contributed by atoms with Crippen LogP contribution in [0.5, 0.6) is 0 Å². The number of nitrogens with two attached hydrogens (primary N) is 1. The number of aromatic nitrogens is 2. The molecule has 0 amide bonds. The zero-order chi connectivity index (χ0) is 15.4. The van der Waals surface area contributed by atoms with Crippen LogP contribution in [0.1, 0.15) is 13.3 Å². The highest BCUT2D eigenvalue weighted by atomic mass is 35.5. The first-order valence-electron chi connectivity index (χ1n) is 6.75. The van der Waals surface area contributed by atoms with Gasteiger partial charge in [0.05, 0.1) is 6.10 Å². The Kier molecular flexibility index (Phi) is 5.17. The third-order valence-corrected chi connectivity index (χ3v) is 3.51. The van der Waals surface area contributed by atoms with Crippen LogP contribution >= 0.6 is 11.6 Å². The summed E-state index contributed by atoms with van der Waals surface area (Å²) in [4.78, 5) is 1.69. The van der Waals surface area contributed by atoms with Gasteiger partial charge in [-0.1, -0.05) is 23.6 Å². The van der Waals surface area contributed by atoms with E-state index in [0.29, 0.717) is 29.9 Å². The van der Waals surface area contributed by atoms with Gasteiger partial charge in [0.25, 0.3) is 0 Å². The number of likely N-dealkylation sites (N-methyl/N-ethyl adjacent to an activating group) is 1. The summed E-state index contributed by atoms with van der Waals surface area (Å²) >= 11 is 5.84. The number of nitrogens with zero attached hydrogens (tertiary/aromatic N) is 3. The average molecular weight is 311 g/mol. The summed E-state index contributed by atoms with van der Waals surface area (Å²) in [7, 11) is 1.77. The van der Waals surface area contributed by atoms with Crippen LogP contribution in [0.2, 0.25) is 5.02 Å². The predicted molar refractivity (Wildman–Crippen MR) is 82.3 cm³/mol. The van der Waals surface area contributed by atoms with Crippen molar-refractivity contribution in [2.75, 3.05) is 18.5 Å². The first kappa shape index (κ1) is 15.8. The Bertz CT molecular complexity index is 573. The van der Waals surface area contributed by atoms with Gasteiger partial charge < -0.3 is 20.2 Å². The molecule has 0 saturated carbocycles. The molecule has 2 aromatic rings. The van der Waals surface area contributed by atoms with Crippen molar-refractivity contribution in [3.8, 4) is 11.5 Å². The van der Waals surface area contributed by atoms with Gasteiger partial charge in [-0.3, -0.25) is 0 Å². The fraction of sp³-hybridized carbons (Fsp3) is 0.429. The van der Waals surface area contributed by atoms with E-state index < -0.39 is 6.10 Å². The topological polar surface area (TPSA) is 88.4 Å². The van der Waals surface area contributed by atoms with Crippen molar-refractivity contribution in [2.24, 2.45) is 5.73 Å². The maximum absolute atomic E-state index is 9.93. The highest BCUT2D eigenvalue weighted by Crippen LogP contribution is 2.23. The summed E-state index contributed by atoms with van der Waals surface area (Å²) in [5.41, 5.74) is 6.59. The second kappa shape index (κ2) is 6.89. The van der Waals surface area contributed by atoms with Gasteiger partial charge in [-0.25, -0.2) is 0 Å². The van der Waals surface area contributed by atoms with Gasteiger partial charge in [-0.15, -0.1) is 5.10 Å². The Morgan fingerprint density at radius 2 is 2.00 bits per heavy atom. The molecule has 6 nitrogen and oxygen atoms in total. The van der Waals surface area contributed by atoms with E-state index in [1.807, 2.05) is 19.1 Å². The van der Waals surface area contributed by atoms with Gasteiger partial charge in [0.1, 0.15) is 0 Å². The van der Waals surface area contributed by atoms with Crippen molar-refractivity contribution in [3.05, 3.63) is 29.3 Å². The molecule has 0 aliphatic heterocycles. The molecule has 0 unspecified atom stereocenters. The predicted octanol–water partition coefficient (Wildman–Crippen LogP) is 1.92. The maximum Gasteiger partial charge on any atom is 0.318 e. The van der Waals surface area contributed by atoms with E-state index in [2.05, 4.69) is 10.2 Å². The Balaban J connectivity index is 2.07. The lowest BCUT2D eigenvalue weighted by Crippen LogP contribution is -2.42. The van der Waals surface area contributed by atoms with Gasteiger partial charge in [-0.2, -0.15) is 0 Å². The molecule has 7 heteroatoms. The van der Waals surface area contributed by atoms with E-state index >= 15 is 0 Å². The number of halogens is 1. The number of aliphatic hydroxyl groups excluding tert-OH is 1. The van der Waals surface area contributed by atoms with E-state index in [-0.39, 0.29) is 6.04 Å². The molecule has 2 atom stereocenters. The summed E-state index contributed by atoms with van der Waals surface area (Å²) in [6.07, 6.45) is 0.0559. The quantitative estimate of drug-likeness (QED) is 0.847. The second-order valence-electron chi connectivity index (χ2n) is 4.92. The fourth-order valence-corrected chi connectivity index (χ4v) is 1.97. The minimum atomic E-state index is -0.647. The molecule has 0 saturated heterocycles. The molecule has 1 heterocycles. The molecular weight excluding hydrogens is 292 g/mol. The second-order valence-corrected chi connectivity index (χ2v) is 5.35. The molecule has 21 heavy (non-hydrogen) atoms. The Morgan fingerprint density at radius 1 is 1.33 bits per heavy atom. The third kappa shape index (κ3) is 3.93. The molecule has 0 aliphatic carbocycles. The van der Waals surface area contributed by atoms with Crippen molar-refractivity contribution in [1.29, 1.82) is 0 Å². The van der Waals surface area contributed by atoms with Crippen LogP contribution in [-0.4, -0.2) is 41.0 Å². The van der Waals surface area contributed by atoms with Gasteiger partial charge in [0.2, 0.25) is 5.89 Å². The van der Waals surface area contributed by atoms with Gasteiger partial charge >= 0.3 is 6.01 Å². The number of rotatable bonds is 6. The minimum absolute atomic E-state index is 0.272. The molecule has 0 aliphatic rings. The lowest BCUT2D eigenvalue weighted by Gasteiger charge is -2.22. The van der Waals surface area contributed by atoms with Crippen LogP contribution in [0.15, 0.2) is 28.7 Å². The van der Waals surface area contributed by atoms with Gasteiger partial charge in [0, 0.05) is 30.2 Å². The highest BCUT2D eigenvalue weighted by molar-refractivity contribution is 6.30. The molecule has 0 bridgehead atoms. The van der Waals surface area contributed by atoms with E-state index in [4.69, 9.17) is 21.8 Å². The van der Waals surface area contributed by atoms with Crippen LogP contribution in [0, 0.1) is 0 Å². The molecule has 0 radical (unpaired) electrons. The number of hydrogen-bond acceptors (Lipinski definition) is 6. The van der Waals surface area contributed by atoms with Gasteiger partial charge in [0.15, 0.2) is 0 Å². The normalized spacial score (nSPS) is 14.0. The van der Waals surface area contributed by atoms with Crippen molar-refractivity contribution in [3.63, 3.8) is 0 Å². The van der Waals surface area contributed by atoms with Crippen molar-refractivity contribution in [1.82, 2.24) is 10.2 Å². The molecule has 1 aromatic carbocycles. The first-order valence-corrected chi connectivity index (χ1v) is 7.13. The largest absolute Gasteiger partial charge is 0.403 e. The first-order chi connectivity index (χ1) is 10.0. The maximum atomic E-state index is 9.93. The SMILES string of the molecule is CC[C@@H](N)[C@H](O)CN(C)c1nnc(-c2ccc(Cl)cc2)o1. The Morgan fingerprint density at radius 3 is 2.62 bits per heavy atom. The number of anilines is 1. The van der Waals surface area contributed by atoms with Crippen LogP contribution < -0.4 is 10.6 Å². The van der Waals surface area contributed by atoms with Crippen molar-refractivity contribution < 1.29 is 9.52 Å². The van der Waals surface area contributed by atoms with E-state index in [9.17, 15) is 5.11 Å². The summed E-state index contributed by atoms with van der Waals surface area (Å²) in [5, 5.41) is 18.6. The lowest BCUT2D eigenvalue weighted by atomic mass is 10.1. The fourth-order valence-electron chi connectivity index (χ4n) is 1.85. The summed E-state index contributed by atoms with van der Waals surface area (Å²) in [6.45, 7) is 2.26. The minimum Gasteiger partial charge on any atom is -0.403 e. The molecule has 0 fully saturated rings. The van der Waals surface area contributed by atoms with Crippen LogP contribution in [-0.2, 0) is 0 Å². The van der Waals surface area contributed by atoms with Crippen LogP contribution in [0.25, 0.3) is 11.5 Å². The molecule has 3 N–H and O–H groups in total. The smallest absolute Gasteiger partial charge is 0.318 e. The standard InChI is InChI=1S/C14H19ClN4O2/c1-3-11(16)12(20)8-19(2)14-18-17-13(21-14)9-4-6-10(15)7-5-9/h4-7,11-12,20H,3,8,16H2,1-2H3/t11-,12-/m1/s1. The highest BCUT2D eigenvalue weighted by Gasteiger charge is 2.19. The van der Waals surface area contributed by atoms with Crippen molar-refractivity contribution in [2.45, 2.75) is 25.5 Å². The molecule has 1 aromatic heterocycles. The Labute approximate surface area is 128 Å². The molecule has 0 spiro atoms. The number of aliphatic hydroxyl groups is 1. The van der Waals surface area contributed by atoms with E-state index in [0.717, 1.165) is 5.56 Å². The Hall–Kier alpha value is -1.63. The van der Waals surface area contributed by atoms with Crippen molar-refractivity contribution >= 4 is 17.6 Å². The zero-order valence-electron chi connectivity index (χ0n) is 12.0. The van der Waals surface area contributed by atoms with Gasteiger partial charge in [-0.05, 0) is 30.7 Å².